The number of tetrazole rings is 1. The van der Waals surface area contributed by atoms with Crippen LogP contribution in [0.2, 0.25) is 0 Å². The number of ether oxygens (including phenoxy) is 1. The number of nitrogens with zero attached hydrogens (tertiary/aromatic N) is 5. The summed E-state index contributed by atoms with van der Waals surface area (Å²) < 4.78 is 12.6. The molecule has 0 N–H and O–H groups in total. The molecule has 0 aliphatic rings. The summed E-state index contributed by atoms with van der Waals surface area (Å²) in [5, 5.41) is 11.4. The molecule has 8 nitrogen and oxygen atoms in total. The number of carbonyl (C=O) groups excluding carboxylic acids is 1. The van der Waals surface area contributed by atoms with E-state index in [1.165, 1.54) is 0 Å². The van der Waals surface area contributed by atoms with E-state index in [2.05, 4.69) is 27.4 Å². The minimum absolute atomic E-state index is 0.0659. The Morgan fingerprint density at radius 3 is 2.92 bits per heavy atom. The van der Waals surface area contributed by atoms with Gasteiger partial charge in [-0.25, -0.2) is 9.67 Å². The van der Waals surface area contributed by atoms with Gasteiger partial charge >= 0.3 is 5.97 Å². The zero-order valence-corrected chi connectivity index (χ0v) is 14.7. The van der Waals surface area contributed by atoms with Crippen LogP contribution in [0.4, 0.5) is 0 Å². The average molecular weight is 355 g/mol. The van der Waals surface area contributed by atoms with E-state index in [1.807, 2.05) is 30.3 Å². The van der Waals surface area contributed by atoms with Gasteiger partial charge in [0.2, 0.25) is 0 Å². The first-order valence-electron chi connectivity index (χ1n) is 8.67. The van der Waals surface area contributed by atoms with Crippen LogP contribution >= 0.6 is 0 Å². The van der Waals surface area contributed by atoms with Gasteiger partial charge in [-0.3, -0.25) is 4.79 Å². The number of benzene rings is 1. The summed E-state index contributed by atoms with van der Waals surface area (Å²) in [4.78, 5) is 16.2. The fraction of sp³-hybridized carbons (Fsp3) is 0.389. The molecule has 0 bridgehead atoms. The van der Waals surface area contributed by atoms with Crippen molar-refractivity contribution in [3.63, 3.8) is 0 Å². The predicted molar refractivity (Wildman–Crippen MR) is 92.8 cm³/mol. The van der Waals surface area contributed by atoms with Crippen LogP contribution in [-0.2, 0) is 29.1 Å². The van der Waals surface area contributed by atoms with E-state index >= 15 is 0 Å². The Morgan fingerprint density at radius 2 is 2.12 bits per heavy atom. The van der Waals surface area contributed by atoms with E-state index in [0.29, 0.717) is 23.9 Å². The lowest BCUT2D eigenvalue weighted by molar-refractivity contribution is -0.145. The SMILES string of the molecule is CCCCn1nnnc1COC(=O)CCc1ncc(-c2ccccc2)o1. The molecular weight excluding hydrogens is 334 g/mol. The Morgan fingerprint density at radius 1 is 1.27 bits per heavy atom. The molecule has 0 aliphatic heterocycles. The van der Waals surface area contributed by atoms with Crippen LogP contribution in [0.3, 0.4) is 0 Å². The van der Waals surface area contributed by atoms with Gasteiger partial charge < -0.3 is 9.15 Å². The van der Waals surface area contributed by atoms with Gasteiger partial charge in [0.1, 0.15) is 0 Å². The summed E-state index contributed by atoms with van der Waals surface area (Å²) in [6, 6.07) is 9.70. The molecule has 0 atom stereocenters. The Labute approximate surface area is 151 Å². The van der Waals surface area contributed by atoms with E-state index in [4.69, 9.17) is 9.15 Å². The van der Waals surface area contributed by atoms with E-state index in [9.17, 15) is 4.79 Å². The van der Waals surface area contributed by atoms with E-state index in [0.717, 1.165) is 24.9 Å². The normalized spacial score (nSPS) is 10.8. The first kappa shape index (κ1) is 17.8. The summed E-state index contributed by atoms with van der Waals surface area (Å²) >= 11 is 0. The van der Waals surface area contributed by atoms with Crippen molar-refractivity contribution in [2.75, 3.05) is 0 Å². The Hall–Kier alpha value is -3.03. The molecule has 0 spiro atoms. The number of rotatable bonds is 9. The minimum atomic E-state index is -0.338. The number of hydrogen-bond acceptors (Lipinski definition) is 7. The molecular formula is C18H21N5O3. The van der Waals surface area contributed by atoms with Gasteiger partial charge in [-0.2, -0.15) is 0 Å². The van der Waals surface area contributed by atoms with Crippen molar-refractivity contribution < 1.29 is 13.9 Å². The summed E-state index contributed by atoms with van der Waals surface area (Å²) in [6.07, 6.45) is 4.25. The van der Waals surface area contributed by atoms with E-state index < -0.39 is 0 Å². The van der Waals surface area contributed by atoms with Crippen LogP contribution < -0.4 is 0 Å². The van der Waals surface area contributed by atoms with Crippen molar-refractivity contribution in [1.82, 2.24) is 25.2 Å². The van der Waals surface area contributed by atoms with Gasteiger partial charge in [-0.15, -0.1) is 5.10 Å². The second kappa shape index (κ2) is 8.89. The standard InChI is InChI=1S/C18H21N5O3/c1-2-3-11-23-16(20-21-22-23)13-25-18(24)10-9-17-19-12-15(26-17)14-7-5-4-6-8-14/h4-8,12H,2-3,9-11,13H2,1H3. The summed E-state index contributed by atoms with van der Waals surface area (Å²) in [6.45, 7) is 2.88. The number of carbonyl (C=O) groups is 1. The molecule has 0 amide bonds. The zero-order chi connectivity index (χ0) is 18.2. The van der Waals surface area contributed by atoms with Gasteiger partial charge in [0.25, 0.3) is 0 Å². The molecule has 0 fully saturated rings. The Balaban J connectivity index is 1.46. The van der Waals surface area contributed by atoms with Crippen LogP contribution in [0, 0.1) is 0 Å². The molecule has 0 saturated carbocycles. The molecule has 0 unspecified atom stereocenters. The first-order valence-corrected chi connectivity index (χ1v) is 8.67. The minimum Gasteiger partial charge on any atom is -0.457 e. The number of oxazole rings is 1. The molecule has 0 aliphatic carbocycles. The van der Waals surface area contributed by atoms with Crippen molar-refractivity contribution in [2.24, 2.45) is 0 Å². The lowest BCUT2D eigenvalue weighted by Gasteiger charge is -2.05. The van der Waals surface area contributed by atoms with Gasteiger partial charge in [0.05, 0.1) is 12.6 Å². The van der Waals surface area contributed by atoms with Crippen molar-refractivity contribution in [3.05, 3.63) is 48.2 Å². The smallest absolute Gasteiger partial charge is 0.306 e. The average Bonchev–Trinajstić information content (AvgIpc) is 3.33. The highest BCUT2D eigenvalue weighted by Crippen LogP contribution is 2.20. The summed E-state index contributed by atoms with van der Waals surface area (Å²) in [7, 11) is 0. The molecule has 26 heavy (non-hydrogen) atoms. The molecule has 2 aromatic heterocycles. The summed E-state index contributed by atoms with van der Waals surface area (Å²) in [5.41, 5.74) is 0.952. The third-order valence-electron chi connectivity index (χ3n) is 3.85. The van der Waals surface area contributed by atoms with Crippen LogP contribution in [0.15, 0.2) is 40.9 Å². The maximum Gasteiger partial charge on any atom is 0.306 e. The molecule has 3 aromatic rings. The molecule has 1 aromatic carbocycles. The highest BCUT2D eigenvalue weighted by atomic mass is 16.5. The molecule has 8 heteroatoms. The number of aryl methyl sites for hydroxylation is 2. The summed E-state index contributed by atoms with van der Waals surface area (Å²) in [5.74, 6) is 1.40. The maximum absolute atomic E-state index is 11.9. The Bertz CT molecular complexity index is 828. The second-order valence-corrected chi connectivity index (χ2v) is 5.82. The van der Waals surface area contributed by atoms with Gasteiger partial charge in [-0.1, -0.05) is 43.7 Å². The monoisotopic (exact) mass is 355 g/mol. The van der Waals surface area contributed by atoms with E-state index in [1.54, 1.807) is 10.9 Å². The highest BCUT2D eigenvalue weighted by molar-refractivity contribution is 5.69. The fourth-order valence-electron chi connectivity index (χ4n) is 2.40. The van der Waals surface area contributed by atoms with Gasteiger partial charge in [0, 0.05) is 18.5 Å². The molecule has 2 heterocycles. The quantitative estimate of drug-likeness (QED) is 0.545. The van der Waals surface area contributed by atoms with Gasteiger partial charge in [0.15, 0.2) is 24.1 Å². The van der Waals surface area contributed by atoms with Crippen molar-refractivity contribution in [3.8, 4) is 11.3 Å². The van der Waals surface area contributed by atoms with Crippen LogP contribution in [0.1, 0.15) is 37.9 Å². The topological polar surface area (TPSA) is 95.9 Å². The number of hydrogen-bond donors (Lipinski definition) is 0. The van der Waals surface area contributed by atoms with Crippen molar-refractivity contribution in [1.29, 1.82) is 0 Å². The van der Waals surface area contributed by atoms with Crippen molar-refractivity contribution >= 4 is 5.97 Å². The van der Waals surface area contributed by atoms with Crippen molar-refractivity contribution in [2.45, 2.75) is 45.8 Å². The second-order valence-electron chi connectivity index (χ2n) is 5.82. The number of esters is 1. The lowest BCUT2D eigenvalue weighted by atomic mass is 10.2. The molecule has 136 valence electrons. The zero-order valence-electron chi connectivity index (χ0n) is 14.7. The first-order chi connectivity index (χ1) is 12.8. The molecule has 0 saturated heterocycles. The maximum atomic E-state index is 11.9. The number of aromatic nitrogens is 5. The Kier molecular flexibility index (Phi) is 6.08. The fourth-order valence-corrected chi connectivity index (χ4v) is 2.40. The largest absolute Gasteiger partial charge is 0.457 e. The number of unbranched alkanes of at least 4 members (excludes halogenated alkanes) is 1. The predicted octanol–water partition coefficient (Wildman–Crippen LogP) is 2.80. The lowest BCUT2D eigenvalue weighted by Crippen LogP contribution is -2.11. The molecule has 3 rings (SSSR count). The van der Waals surface area contributed by atoms with Crippen LogP contribution in [0.25, 0.3) is 11.3 Å². The third kappa shape index (κ3) is 4.75. The van der Waals surface area contributed by atoms with E-state index in [-0.39, 0.29) is 19.0 Å². The van der Waals surface area contributed by atoms with Crippen LogP contribution in [-0.4, -0.2) is 31.2 Å². The third-order valence-corrected chi connectivity index (χ3v) is 3.85. The van der Waals surface area contributed by atoms with Gasteiger partial charge in [-0.05, 0) is 16.8 Å². The van der Waals surface area contributed by atoms with Crippen LogP contribution in [0.5, 0.6) is 0 Å². The highest BCUT2D eigenvalue weighted by Gasteiger charge is 2.12. The molecule has 0 radical (unpaired) electrons.